The zero-order chi connectivity index (χ0) is 14.8. The summed E-state index contributed by atoms with van der Waals surface area (Å²) < 4.78 is 19.3. The molecule has 0 aliphatic rings. The van der Waals surface area contributed by atoms with Crippen molar-refractivity contribution in [3.63, 3.8) is 0 Å². The van der Waals surface area contributed by atoms with E-state index in [0.717, 1.165) is 0 Å². The normalized spacial score (nSPS) is 13.8. The van der Waals surface area contributed by atoms with Gasteiger partial charge in [-0.1, -0.05) is 30.3 Å². The Hall–Kier alpha value is -1.87. The molecule has 1 N–H and O–H groups in total. The SMILES string of the molecule is CCOc1ccccc1C(C)(O)c1ccc(C)c(F)c1. The third-order valence-electron chi connectivity index (χ3n) is 3.45. The number of para-hydroxylation sites is 1. The van der Waals surface area contributed by atoms with Crippen LogP contribution in [0.3, 0.4) is 0 Å². The quantitative estimate of drug-likeness (QED) is 0.919. The summed E-state index contributed by atoms with van der Waals surface area (Å²) in [4.78, 5) is 0. The summed E-state index contributed by atoms with van der Waals surface area (Å²) in [6.45, 7) is 5.74. The molecule has 0 saturated carbocycles. The van der Waals surface area contributed by atoms with Crippen LogP contribution in [0.25, 0.3) is 0 Å². The Morgan fingerprint density at radius 1 is 1.20 bits per heavy atom. The maximum Gasteiger partial charge on any atom is 0.126 e. The van der Waals surface area contributed by atoms with Crippen molar-refractivity contribution in [2.75, 3.05) is 6.61 Å². The van der Waals surface area contributed by atoms with Crippen molar-refractivity contribution in [3.8, 4) is 5.75 Å². The van der Waals surface area contributed by atoms with E-state index in [4.69, 9.17) is 4.74 Å². The maximum absolute atomic E-state index is 13.7. The van der Waals surface area contributed by atoms with Crippen molar-refractivity contribution in [2.45, 2.75) is 26.4 Å². The third-order valence-corrected chi connectivity index (χ3v) is 3.45. The number of aliphatic hydroxyl groups is 1. The van der Waals surface area contributed by atoms with Crippen molar-refractivity contribution >= 4 is 0 Å². The lowest BCUT2D eigenvalue weighted by Crippen LogP contribution is -2.24. The molecule has 0 spiro atoms. The van der Waals surface area contributed by atoms with Gasteiger partial charge in [-0.2, -0.15) is 0 Å². The van der Waals surface area contributed by atoms with Crippen LogP contribution in [0.15, 0.2) is 42.5 Å². The van der Waals surface area contributed by atoms with E-state index >= 15 is 0 Å². The molecule has 1 unspecified atom stereocenters. The fourth-order valence-corrected chi connectivity index (χ4v) is 2.20. The molecule has 20 heavy (non-hydrogen) atoms. The minimum absolute atomic E-state index is 0.323. The average Bonchev–Trinajstić information content (AvgIpc) is 2.42. The molecule has 0 heterocycles. The summed E-state index contributed by atoms with van der Waals surface area (Å²) in [6.07, 6.45) is 0. The lowest BCUT2D eigenvalue weighted by atomic mass is 9.87. The first kappa shape index (κ1) is 14.5. The zero-order valence-corrected chi connectivity index (χ0v) is 12.0. The van der Waals surface area contributed by atoms with E-state index < -0.39 is 5.60 Å². The van der Waals surface area contributed by atoms with Crippen LogP contribution < -0.4 is 4.74 Å². The predicted molar refractivity (Wildman–Crippen MR) is 77.4 cm³/mol. The Morgan fingerprint density at radius 2 is 1.90 bits per heavy atom. The first-order valence-corrected chi connectivity index (χ1v) is 6.68. The van der Waals surface area contributed by atoms with Gasteiger partial charge in [0, 0.05) is 5.56 Å². The second kappa shape index (κ2) is 5.63. The smallest absolute Gasteiger partial charge is 0.126 e. The van der Waals surface area contributed by atoms with Crippen LogP contribution in [-0.2, 0) is 5.60 Å². The van der Waals surface area contributed by atoms with Crippen LogP contribution in [-0.4, -0.2) is 11.7 Å². The number of benzene rings is 2. The first-order chi connectivity index (χ1) is 9.46. The van der Waals surface area contributed by atoms with Crippen molar-refractivity contribution in [3.05, 3.63) is 65.0 Å². The molecule has 3 heteroatoms. The van der Waals surface area contributed by atoms with Gasteiger partial charge < -0.3 is 9.84 Å². The minimum atomic E-state index is -1.31. The number of halogens is 1. The Balaban J connectivity index is 2.51. The topological polar surface area (TPSA) is 29.5 Å². The molecule has 0 fully saturated rings. The van der Waals surface area contributed by atoms with Crippen LogP contribution in [0, 0.1) is 12.7 Å². The summed E-state index contributed by atoms with van der Waals surface area (Å²) in [5, 5.41) is 10.8. The fraction of sp³-hybridized carbons (Fsp3) is 0.294. The zero-order valence-electron chi connectivity index (χ0n) is 12.0. The summed E-state index contributed by atoms with van der Waals surface area (Å²) in [5.74, 6) is 0.289. The van der Waals surface area contributed by atoms with E-state index in [9.17, 15) is 9.50 Å². The number of ether oxygens (including phenoxy) is 1. The molecule has 106 valence electrons. The van der Waals surface area contributed by atoms with Crippen LogP contribution in [0.2, 0.25) is 0 Å². The summed E-state index contributed by atoms with van der Waals surface area (Å²) >= 11 is 0. The molecule has 0 aliphatic carbocycles. The molecule has 0 bridgehead atoms. The lowest BCUT2D eigenvalue weighted by Gasteiger charge is -2.27. The fourth-order valence-electron chi connectivity index (χ4n) is 2.20. The van der Waals surface area contributed by atoms with Gasteiger partial charge in [0.15, 0.2) is 0 Å². The van der Waals surface area contributed by atoms with E-state index in [1.54, 1.807) is 38.1 Å². The highest BCUT2D eigenvalue weighted by Crippen LogP contribution is 2.35. The van der Waals surface area contributed by atoms with Gasteiger partial charge in [-0.05, 0) is 44.0 Å². The molecular weight excluding hydrogens is 255 g/mol. The van der Waals surface area contributed by atoms with Gasteiger partial charge in [0.05, 0.1) is 6.61 Å². The van der Waals surface area contributed by atoms with Crippen molar-refractivity contribution in [1.29, 1.82) is 0 Å². The van der Waals surface area contributed by atoms with Gasteiger partial charge in [0.25, 0.3) is 0 Å². The largest absolute Gasteiger partial charge is 0.493 e. The Bertz CT molecular complexity index is 606. The van der Waals surface area contributed by atoms with Crippen LogP contribution in [0.4, 0.5) is 4.39 Å². The van der Waals surface area contributed by atoms with Gasteiger partial charge in [0.2, 0.25) is 0 Å². The van der Waals surface area contributed by atoms with Gasteiger partial charge in [-0.25, -0.2) is 4.39 Å². The number of rotatable bonds is 4. The van der Waals surface area contributed by atoms with Gasteiger partial charge in [-0.3, -0.25) is 0 Å². The Labute approximate surface area is 118 Å². The average molecular weight is 274 g/mol. The lowest BCUT2D eigenvalue weighted by molar-refractivity contribution is 0.0977. The van der Waals surface area contributed by atoms with Crippen molar-refractivity contribution in [1.82, 2.24) is 0 Å². The molecule has 0 aliphatic heterocycles. The highest BCUT2D eigenvalue weighted by atomic mass is 19.1. The van der Waals surface area contributed by atoms with E-state index in [0.29, 0.717) is 29.0 Å². The van der Waals surface area contributed by atoms with Gasteiger partial charge >= 0.3 is 0 Å². The molecule has 0 amide bonds. The standard InChI is InChI=1S/C17H19FO2/c1-4-20-16-8-6-5-7-14(16)17(3,19)13-10-9-12(2)15(18)11-13/h5-11,19H,4H2,1-3H3. The Morgan fingerprint density at radius 3 is 2.55 bits per heavy atom. The van der Waals surface area contributed by atoms with Crippen LogP contribution in [0.1, 0.15) is 30.5 Å². The van der Waals surface area contributed by atoms with Crippen LogP contribution in [0.5, 0.6) is 5.75 Å². The molecular formula is C17H19FO2. The second-order valence-corrected chi connectivity index (χ2v) is 4.97. The summed E-state index contributed by atoms with van der Waals surface area (Å²) in [6, 6.07) is 12.1. The van der Waals surface area contributed by atoms with Gasteiger partial charge in [0.1, 0.15) is 17.2 Å². The highest BCUT2D eigenvalue weighted by molar-refractivity contribution is 5.44. The summed E-state index contributed by atoms with van der Waals surface area (Å²) in [7, 11) is 0. The number of aryl methyl sites for hydroxylation is 1. The van der Waals surface area contributed by atoms with E-state index in [1.165, 1.54) is 6.07 Å². The highest BCUT2D eigenvalue weighted by Gasteiger charge is 2.29. The molecule has 2 aromatic carbocycles. The second-order valence-electron chi connectivity index (χ2n) is 4.97. The molecule has 1 atom stereocenters. The van der Waals surface area contributed by atoms with Gasteiger partial charge in [-0.15, -0.1) is 0 Å². The van der Waals surface area contributed by atoms with E-state index in [-0.39, 0.29) is 5.82 Å². The molecule has 0 saturated heterocycles. The Kier molecular flexibility index (Phi) is 4.09. The molecule has 2 aromatic rings. The number of hydrogen-bond acceptors (Lipinski definition) is 2. The maximum atomic E-state index is 13.7. The van der Waals surface area contributed by atoms with E-state index in [2.05, 4.69) is 0 Å². The predicted octanol–water partition coefficient (Wildman–Crippen LogP) is 3.79. The van der Waals surface area contributed by atoms with Crippen molar-refractivity contribution < 1.29 is 14.2 Å². The molecule has 2 nitrogen and oxygen atoms in total. The molecule has 2 rings (SSSR count). The first-order valence-electron chi connectivity index (χ1n) is 6.68. The van der Waals surface area contributed by atoms with Crippen LogP contribution >= 0.6 is 0 Å². The molecule has 0 aromatic heterocycles. The monoisotopic (exact) mass is 274 g/mol. The minimum Gasteiger partial charge on any atom is -0.493 e. The van der Waals surface area contributed by atoms with Crippen molar-refractivity contribution in [2.24, 2.45) is 0 Å². The van der Waals surface area contributed by atoms with E-state index in [1.807, 2.05) is 19.1 Å². The number of hydrogen-bond donors (Lipinski definition) is 1. The summed E-state index contributed by atoms with van der Waals surface area (Å²) in [5.41, 5.74) is 0.390. The third kappa shape index (κ3) is 2.68. The molecule has 0 radical (unpaired) electrons.